The molecule has 0 heterocycles. The number of aliphatic imine (C=N–C) groups is 1. The van der Waals surface area contributed by atoms with E-state index >= 15 is 0 Å². The number of alkyl halides is 1. The molecular weight excluding hydrogens is 215 g/mol. The van der Waals surface area contributed by atoms with Crippen LogP contribution in [0.25, 0.3) is 0 Å². The van der Waals surface area contributed by atoms with Gasteiger partial charge in [-0.05, 0) is 0 Å². The topological polar surface area (TPSA) is 38.4 Å². The summed E-state index contributed by atoms with van der Waals surface area (Å²) < 4.78 is 0.940. The Morgan fingerprint density at radius 3 is 2.88 bits per heavy atom. The van der Waals surface area contributed by atoms with E-state index in [4.69, 9.17) is 5.73 Å². The van der Waals surface area contributed by atoms with E-state index in [0.29, 0.717) is 0 Å². The standard InChI is InChI=1S/C5H9IN2/c1-8-4-5(7)2-3-6/h2,4H,3,7H2,1H3/b5-2+,8-4?. The van der Waals surface area contributed by atoms with Crippen molar-refractivity contribution in [2.75, 3.05) is 11.5 Å². The number of halogens is 1. The van der Waals surface area contributed by atoms with Gasteiger partial charge in [0.05, 0.1) is 0 Å². The molecule has 0 amide bonds. The minimum atomic E-state index is 0.738. The summed E-state index contributed by atoms with van der Waals surface area (Å²) in [5.74, 6) is 0. The molecule has 0 radical (unpaired) electrons. The Morgan fingerprint density at radius 1 is 1.88 bits per heavy atom. The van der Waals surface area contributed by atoms with Crippen molar-refractivity contribution in [2.45, 2.75) is 0 Å². The highest BCUT2D eigenvalue weighted by atomic mass is 127. The first kappa shape index (κ1) is 7.94. The van der Waals surface area contributed by atoms with Crippen LogP contribution in [-0.4, -0.2) is 17.7 Å². The fraction of sp³-hybridized carbons (Fsp3) is 0.400. The third-order valence-corrected chi connectivity index (χ3v) is 1.03. The van der Waals surface area contributed by atoms with Crippen LogP contribution in [0.15, 0.2) is 16.8 Å². The second-order valence-electron chi connectivity index (χ2n) is 1.25. The van der Waals surface area contributed by atoms with Crippen LogP contribution < -0.4 is 5.73 Å². The predicted molar refractivity (Wildman–Crippen MR) is 45.6 cm³/mol. The first-order chi connectivity index (χ1) is 3.81. The quantitative estimate of drug-likeness (QED) is 0.423. The number of allylic oxidation sites excluding steroid dienone is 2. The molecule has 0 saturated carbocycles. The van der Waals surface area contributed by atoms with Gasteiger partial charge in [-0.25, -0.2) is 0 Å². The Bertz CT molecular complexity index is 107. The molecule has 0 aromatic carbocycles. The van der Waals surface area contributed by atoms with Crippen molar-refractivity contribution in [3.63, 3.8) is 0 Å². The molecule has 0 atom stereocenters. The van der Waals surface area contributed by atoms with E-state index in [-0.39, 0.29) is 0 Å². The van der Waals surface area contributed by atoms with Crippen molar-refractivity contribution in [1.29, 1.82) is 0 Å². The van der Waals surface area contributed by atoms with Crippen molar-refractivity contribution in [1.82, 2.24) is 0 Å². The molecule has 0 rings (SSSR count). The molecule has 0 aliphatic heterocycles. The number of nitrogens with two attached hydrogens (primary N) is 1. The van der Waals surface area contributed by atoms with Crippen LogP contribution in [0.5, 0.6) is 0 Å². The van der Waals surface area contributed by atoms with Crippen LogP contribution in [0.2, 0.25) is 0 Å². The fourth-order valence-corrected chi connectivity index (χ4v) is 0.799. The lowest BCUT2D eigenvalue weighted by Gasteiger charge is -1.85. The van der Waals surface area contributed by atoms with Crippen LogP contribution >= 0.6 is 22.6 Å². The van der Waals surface area contributed by atoms with E-state index in [1.165, 1.54) is 0 Å². The predicted octanol–water partition coefficient (Wildman–Crippen LogP) is 0.965. The molecule has 3 heteroatoms. The summed E-state index contributed by atoms with van der Waals surface area (Å²) in [6.07, 6.45) is 3.55. The van der Waals surface area contributed by atoms with Crippen LogP contribution in [-0.2, 0) is 0 Å². The first-order valence-corrected chi connectivity index (χ1v) is 3.77. The van der Waals surface area contributed by atoms with E-state index in [9.17, 15) is 0 Å². The van der Waals surface area contributed by atoms with Gasteiger partial charge in [0.25, 0.3) is 0 Å². The van der Waals surface area contributed by atoms with E-state index < -0.39 is 0 Å². The summed E-state index contributed by atoms with van der Waals surface area (Å²) in [6, 6.07) is 0. The van der Waals surface area contributed by atoms with Crippen LogP contribution in [0, 0.1) is 0 Å². The average molecular weight is 224 g/mol. The smallest absolute Gasteiger partial charge is 0.0462 e. The van der Waals surface area contributed by atoms with E-state index in [1.807, 2.05) is 6.08 Å². The summed E-state index contributed by atoms with van der Waals surface area (Å²) in [4.78, 5) is 3.73. The Labute approximate surface area is 63.0 Å². The highest BCUT2D eigenvalue weighted by Crippen LogP contribution is 1.84. The molecule has 2 N–H and O–H groups in total. The zero-order chi connectivity index (χ0) is 6.41. The zero-order valence-electron chi connectivity index (χ0n) is 4.76. The maximum absolute atomic E-state index is 5.40. The number of hydrogen-bond acceptors (Lipinski definition) is 2. The Kier molecular flexibility index (Phi) is 5.05. The molecule has 0 aromatic rings. The third kappa shape index (κ3) is 4.11. The second kappa shape index (κ2) is 5.08. The molecule has 46 valence electrons. The molecule has 0 bridgehead atoms. The molecule has 0 unspecified atom stereocenters. The number of hydrogen-bond donors (Lipinski definition) is 1. The van der Waals surface area contributed by atoms with Gasteiger partial charge >= 0.3 is 0 Å². The number of nitrogens with zero attached hydrogens (tertiary/aromatic N) is 1. The minimum Gasteiger partial charge on any atom is -0.398 e. The lowest BCUT2D eigenvalue weighted by Crippen LogP contribution is -1.97. The van der Waals surface area contributed by atoms with Gasteiger partial charge in [0.1, 0.15) is 0 Å². The molecule has 0 spiro atoms. The van der Waals surface area contributed by atoms with Crippen molar-refractivity contribution in [3.8, 4) is 0 Å². The van der Waals surface area contributed by atoms with E-state index in [1.54, 1.807) is 13.3 Å². The van der Waals surface area contributed by atoms with Crippen molar-refractivity contribution < 1.29 is 0 Å². The maximum atomic E-state index is 5.40. The largest absolute Gasteiger partial charge is 0.398 e. The van der Waals surface area contributed by atoms with Gasteiger partial charge in [-0.15, -0.1) is 0 Å². The highest BCUT2D eigenvalue weighted by Gasteiger charge is 1.76. The van der Waals surface area contributed by atoms with Crippen molar-refractivity contribution in [3.05, 3.63) is 11.8 Å². The van der Waals surface area contributed by atoms with Crippen LogP contribution in [0.3, 0.4) is 0 Å². The van der Waals surface area contributed by atoms with Gasteiger partial charge < -0.3 is 5.73 Å². The maximum Gasteiger partial charge on any atom is 0.0462 e. The summed E-state index contributed by atoms with van der Waals surface area (Å²) in [7, 11) is 1.70. The van der Waals surface area contributed by atoms with E-state index in [0.717, 1.165) is 10.1 Å². The molecule has 8 heavy (non-hydrogen) atoms. The fourth-order valence-electron chi connectivity index (χ4n) is 0.291. The first-order valence-electron chi connectivity index (χ1n) is 2.25. The van der Waals surface area contributed by atoms with Crippen LogP contribution in [0.1, 0.15) is 0 Å². The molecule has 0 saturated heterocycles. The monoisotopic (exact) mass is 224 g/mol. The molecule has 0 aromatic heterocycles. The molecule has 0 aliphatic carbocycles. The van der Waals surface area contributed by atoms with Gasteiger partial charge in [0.15, 0.2) is 0 Å². The lowest BCUT2D eigenvalue weighted by molar-refractivity contribution is 1.41. The van der Waals surface area contributed by atoms with Gasteiger partial charge in [0.2, 0.25) is 0 Å². The highest BCUT2D eigenvalue weighted by molar-refractivity contribution is 14.1. The van der Waals surface area contributed by atoms with Gasteiger partial charge in [-0.1, -0.05) is 28.7 Å². The summed E-state index contributed by atoms with van der Waals surface area (Å²) in [6.45, 7) is 0. The second-order valence-corrected chi connectivity index (χ2v) is 2.13. The van der Waals surface area contributed by atoms with Gasteiger partial charge in [0, 0.05) is 23.4 Å². The molecule has 0 fully saturated rings. The Balaban J connectivity index is 3.61. The number of rotatable bonds is 2. The Morgan fingerprint density at radius 2 is 2.50 bits per heavy atom. The summed E-state index contributed by atoms with van der Waals surface area (Å²) >= 11 is 2.22. The normalized spacial score (nSPS) is 13.0. The summed E-state index contributed by atoms with van der Waals surface area (Å²) in [5, 5.41) is 0. The van der Waals surface area contributed by atoms with Gasteiger partial charge in [-0.2, -0.15) is 0 Å². The van der Waals surface area contributed by atoms with Crippen molar-refractivity contribution >= 4 is 28.8 Å². The molecule has 0 aliphatic rings. The molecule has 2 nitrogen and oxygen atoms in total. The van der Waals surface area contributed by atoms with Crippen molar-refractivity contribution in [2.24, 2.45) is 10.7 Å². The van der Waals surface area contributed by atoms with Gasteiger partial charge in [-0.3, -0.25) is 4.99 Å². The SMILES string of the molecule is CN=C/C(N)=C\CI. The van der Waals surface area contributed by atoms with E-state index in [2.05, 4.69) is 27.6 Å². The molecular formula is C5H9IN2. The Hall–Kier alpha value is -0.0600. The lowest BCUT2D eigenvalue weighted by atomic mass is 10.5. The summed E-state index contributed by atoms with van der Waals surface area (Å²) in [5.41, 5.74) is 6.14. The minimum absolute atomic E-state index is 0.738. The third-order valence-electron chi connectivity index (χ3n) is 0.591. The van der Waals surface area contributed by atoms with Crippen LogP contribution in [0.4, 0.5) is 0 Å². The average Bonchev–Trinajstić information content (AvgIpc) is 1.68. The zero-order valence-corrected chi connectivity index (χ0v) is 6.92.